The minimum atomic E-state index is -0.257. The Bertz CT molecular complexity index is 619. The molecule has 3 rings (SSSR count). The van der Waals surface area contributed by atoms with Crippen molar-refractivity contribution in [2.45, 2.75) is 25.8 Å². The number of hydrogen-bond donors (Lipinski definition) is 2. The van der Waals surface area contributed by atoms with Crippen molar-refractivity contribution >= 4 is 17.5 Å². The lowest BCUT2D eigenvalue weighted by Crippen LogP contribution is -2.51. The van der Waals surface area contributed by atoms with E-state index in [4.69, 9.17) is 0 Å². The number of carbonyl (C=O) groups is 2. The Morgan fingerprint density at radius 2 is 1.96 bits per heavy atom. The number of carbonyl (C=O) groups excluding carboxylic acids is 2. The highest BCUT2D eigenvalue weighted by molar-refractivity contribution is 6.07. The van der Waals surface area contributed by atoms with E-state index in [9.17, 15) is 9.59 Å². The number of amides is 2. The zero-order chi connectivity index (χ0) is 18.5. The Balaban J connectivity index is 1.53. The normalized spacial score (nSPS) is 27.5. The molecule has 3 aliphatic rings. The Kier molecular flexibility index (Phi) is 6.21. The molecular formula is C19H29N5O2. The Morgan fingerprint density at radius 3 is 2.65 bits per heavy atom. The highest BCUT2D eigenvalue weighted by atomic mass is 16.2. The number of hydrogen-bond acceptors (Lipinski definition) is 5. The van der Waals surface area contributed by atoms with Crippen LogP contribution in [0.1, 0.15) is 19.8 Å². The molecule has 7 heteroatoms. The van der Waals surface area contributed by atoms with Gasteiger partial charge < -0.3 is 10.2 Å². The fourth-order valence-electron chi connectivity index (χ4n) is 3.67. The number of nitrogens with zero attached hydrogens (tertiary/aromatic N) is 3. The third-order valence-corrected chi connectivity index (χ3v) is 5.41. The molecule has 1 saturated heterocycles. The van der Waals surface area contributed by atoms with Gasteiger partial charge in [-0.05, 0) is 13.5 Å². The molecule has 26 heavy (non-hydrogen) atoms. The first-order chi connectivity index (χ1) is 12.6. The van der Waals surface area contributed by atoms with Crippen molar-refractivity contribution < 1.29 is 9.59 Å². The molecule has 0 aromatic carbocycles. The summed E-state index contributed by atoms with van der Waals surface area (Å²) in [5, 5.41) is 7.30. The number of hydrazone groups is 1. The topological polar surface area (TPSA) is 77.0 Å². The molecule has 0 spiro atoms. The van der Waals surface area contributed by atoms with Crippen LogP contribution in [-0.4, -0.2) is 73.1 Å². The fraction of sp³-hybridized carbons (Fsp3) is 0.632. The molecule has 1 fully saturated rings. The molecule has 0 aromatic rings. The van der Waals surface area contributed by atoms with Gasteiger partial charge in [0, 0.05) is 44.7 Å². The maximum atomic E-state index is 12.6. The number of likely N-dealkylation sites (N-methyl/N-ethyl adjacent to an activating group) is 1. The molecule has 2 N–H and O–H groups in total. The van der Waals surface area contributed by atoms with Crippen molar-refractivity contribution in [3.05, 3.63) is 24.3 Å². The molecule has 0 radical (unpaired) electrons. The largest absolute Gasteiger partial charge is 0.352 e. The number of allylic oxidation sites excluding steroid dienone is 3. The minimum absolute atomic E-state index is 0.0254. The third kappa shape index (κ3) is 4.59. The lowest BCUT2D eigenvalue weighted by molar-refractivity contribution is -0.125. The standard InChI is InChI=1S/C19H29N5O2/c1-3-14(13-24-10-8-23(2)9-11-24)20-18(25)12-17-15-6-4-5-7-16(15)19(26)22-21-17/h4-7,14-16H,3,8-13H2,1-2H3,(H,20,25)(H,22,26)/t14-,15+,16+/m1/s1. The zero-order valence-electron chi connectivity index (χ0n) is 15.6. The summed E-state index contributed by atoms with van der Waals surface area (Å²) < 4.78 is 0. The van der Waals surface area contributed by atoms with Gasteiger partial charge in [0.05, 0.1) is 18.1 Å². The van der Waals surface area contributed by atoms with Crippen LogP contribution in [0, 0.1) is 11.8 Å². The second-order valence-corrected chi connectivity index (χ2v) is 7.35. The summed E-state index contributed by atoms with van der Waals surface area (Å²) in [6.45, 7) is 7.22. The van der Waals surface area contributed by atoms with E-state index in [-0.39, 0.29) is 36.1 Å². The third-order valence-electron chi connectivity index (χ3n) is 5.41. The molecule has 0 unspecified atom stereocenters. The van der Waals surface area contributed by atoms with Gasteiger partial charge in [-0.3, -0.25) is 14.5 Å². The lowest BCUT2D eigenvalue weighted by Gasteiger charge is -2.34. The van der Waals surface area contributed by atoms with Gasteiger partial charge in [-0.15, -0.1) is 0 Å². The number of rotatable bonds is 6. The van der Waals surface area contributed by atoms with Crippen LogP contribution in [0.15, 0.2) is 29.4 Å². The predicted molar refractivity (Wildman–Crippen MR) is 102 cm³/mol. The molecule has 2 aliphatic heterocycles. The molecule has 7 nitrogen and oxygen atoms in total. The summed E-state index contributed by atoms with van der Waals surface area (Å²) >= 11 is 0. The maximum Gasteiger partial charge on any atom is 0.247 e. The van der Waals surface area contributed by atoms with Crippen molar-refractivity contribution in [1.82, 2.24) is 20.5 Å². The highest BCUT2D eigenvalue weighted by Gasteiger charge is 2.34. The quantitative estimate of drug-likeness (QED) is 0.718. The van der Waals surface area contributed by atoms with Gasteiger partial charge in [-0.1, -0.05) is 31.2 Å². The average molecular weight is 359 g/mol. The van der Waals surface area contributed by atoms with Crippen molar-refractivity contribution in [3.63, 3.8) is 0 Å². The molecule has 2 heterocycles. The maximum absolute atomic E-state index is 12.6. The van der Waals surface area contributed by atoms with Gasteiger partial charge >= 0.3 is 0 Å². The van der Waals surface area contributed by atoms with Crippen LogP contribution in [0.25, 0.3) is 0 Å². The van der Waals surface area contributed by atoms with Crippen LogP contribution in [0.5, 0.6) is 0 Å². The summed E-state index contributed by atoms with van der Waals surface area (Å²) in [4.78, 5) is 29.2. The van der Waals surface area contributed by atoms with E-state index in [0.717, 1.165) is 44.9 Å². The second kappa shape index (κ2) is 8.60. The van der Waals surface area contributed by atoms with Crippen LogP contribution in [0.4, 0.5) is 0 Å². The second-order valence-electron chi connectivity index (χ2n) is 7.35. The van der Waals surface area contributed by atoms with E-state index in [1.54, 1.807) is 0 Å². The molecular weight excluding hydrogens is 330 g/mol. The Hall–Kier alpha value is -1.99. The molecule has 3 atom stereocenters. The summed E-state index contributed by atoms with van der Waals surface area (Å²) in [5.74, 6) is -0.506. The van der Waals surface area contributed by atoms with E-state index < -0.39 is 0 Å². The van der Waals surface area contributed by atoms with Gasteiger partial charge in [-0.2, -0.15) is 5.10 Å². The van der Waals surface area contributed by atoms with Gasteiger partial charge in [0.15, 0.2) is 0 Å². The van der Waals surface area contributed by atoms with E-state index in [0.29, 0.717) is 0 Å². The molecule has 142 valence electrons. The monoisotopic (exact) mass is 359 g/mol. The summed E-state index contributed by atoms with van der Waals surface area (Å²) in [6, 6.07) is 0.141. The smallest absolute Gasteiger partial charge is 0.247 e. The molecule has 0 aromatic heterocycles. The van der Waals surface area contributed by atoms with Crippen LogP contribution in [0.3, 0.4) is 0 Å². The summed E-state index contributed by atoms with van der Waals surface area (Å²) in [6.07, 6.45) is 8.73. The van der Waals surface area contributed by atoms with Crippen molar-refractivity contribution in [2.75, 3.05) is 39.8 Å². The van der Waals surface area contributed by atoms with Gasteiger partial charge in [0.2, 0.25) is 11.8 Å². The SMILES string of the molecule is CC[C@H](CN1CCN(C)CC1)NC(=O)CC1=NNC(=O)[C@H]2C=CC=C[C@H]12. The fourth-order valence-corrected chi connectivity index (χ4v) is 3.67. The first kappa shape index (κ1) is 18.8. The zero-order valence-corrected chi connectivity index (χ0v) is 15.6. The van der Waals surface area contributed by atoms with E-state index >= 15 is 0 Å². The lowest BCUT2D eigenvalue weighted by atomic mass is 9.82. The van der Waals surface area contributed by atoms with Gasteiger partial charge in [0.25, 0.3) is 0 Å². The van der Waals surface area contributed by atoms with Gasteiger partial charge in [-0.25, -0.2) is 5.43 Å². The highest BCUT2D eigenvalue weighted by Crippen LogP contribution is 2.25. The molecule has 0 bridgehead atoms. The molecule has 2 amide bonds. The minimum Gasteiger partial charge on any atom is -0.352 e. The molecule has 0 saturated carbocycles. The number of piperazine rings is 1. The van der Waals surface area contributed by atoms with E-state index in [1.807, 2.05) is 24.3 Å². The first-order valence-electron chi connectivity index (χ1n) is 9.48. The van der Waals surface area contributed by atoms with E-state index in [2.05, 4.69) is 39.6 Å². The summed E-state index contributed by atoms with van der Waals surface area (Å²) in [7, 11) is 2.14. The number of fused-ring (bicyclic) bond motifs is 1. The predicted octanol–water partition coefficient (Wildman–Crippen LogP) is 0.363. The van der Waals surface area contributed by atoms with Crippen molar-refractivity contribution in [1.29, 1.82) is 0 Å². The van der Waals surface area contributed by atoms with Gasteiger partial charge in [0.1, 0.15) is 0 Å². The van der Waals surface area contributed by atoms with Crippen LogP contribution >= 0.6 is 0 Å². The van der Waals surface area contributed by atoms with E-state index in [1.165, 1.54) is 0 Å². The van der Waals surface area contributed by atoms with Crippen LogP contribution in [-0.2, 0) is 9.59 Å². The molecule has 1 aliphatic carbocycles. The Morgan fingerprint density at radius 1 is 1.27 bits per heavy atom. The average Bonchev–Trinajstić information content (AvgIpc) is 2.65. The number of nitrogens with one attached hydrogen (secondary N) is 2. The first-order valence-corrected chi connectivity index (χ1v) is 9.48. The van der Waals surface area contributed by atoms with Crippen LogP contribution in [0.2, 0.25) is 0 Å². The van der Waals surface area contributed by atoms with Crippen molar-refractivity contribution in [3.8, 4) is 0 Å². The van der Waals surface area contributed by atoms with Crippen molar-refractivity contribution in [2.24, 2.45) is 16.9 Å². The Labute approximate surface area is 155 Å². The van der Waals surface area contributed by atoms with Crippen LogP contribution < -0.4 is 10.7 Å². The summed E-state index contributed by atoms with van der Waals surface area (Å²) in [5.41, 5.74) is 3.27.